The van der Waals surface area contributed by atoms with Gasteiger partial charge in [-0.1, -0.05) is 60.6 Å². The molecular formula is C31H58N4O4. The lowest BCUT2D eigenvalue weighted by Gasteiger charge is -2.37. The van der Waals surface area contributed by atoms with E-state index in [1.54, 1.807) is 18.9 Å². The molecule has 3 aliphatic heterocycles. The van der Waals surface area contributed by atoms with E-state index in [4.69, 9.17) is 5.11 Å². The van der Waals surface area contributed by atoms with Crippen molar-refractivity contribution >= 4 is 17.8 Å². The summed E-state index contributed by atoms with van der Waals surface area (Å²) in [5.74, 6) is 1.37. The van der Waals surface area contributed by atoms with Crippen LogP contribution in [0, 0.1) is 17.8 Å². The number of rotatable bonds is 3. The highest BCUT2D eigenvalue weighted by atomic mass is 16.4. The molecule has 0 radical (unpaired) electrons. The first-order chi connectivity index (χ1) is 18.7. The maximum Gasteiger partial charge on any atom is 0.305 e. The van der Waals surface area contributed by atoms with E-state index in [0.717, 1.165) is 42.6 Å². The lowest BCUT2D eigenvalue weighted by molar-refractivity contribution is -0.141. The van der Waals surface area contributed by atoms with Crippen molar-refractivity contribution in [1.82, 2.24) is 20.4 Å². The number of likely N-dealkylation sites (tertiary alicyclic amines) is 1. The third-order valence-corrected chi connectivity index (χ3v) is 7.35. The standard InChI is InChI=1S/C13H18N2O3.C12H22N2O.3C2H6/c1-8-3-4-10-9(5-8)7-15(2)13(18)11(14-10)6-12(16)17;1-10(15)14-8-4-12(5-9-14)11-2-6-13-7-3-11;3*1-2/h4-5,8,11,14H,3,6-7H2,1-2H3,(H,16,17);11-13H,2-9H2,1H3;3*1-2H3. The highest BCUT2D eigenvalue weighted by molar-refractivity contribution is 5.87. The Labute approximate surface area is 238 Å². The number of carboxylic acid groups (broad SMARTS) is 1. The predicted octanol–water partition coefficient (Wildman–Crippen LogP) is 5.06. The van der Waals surface area contributed by atoms with Gasteiger partial charge in [-0.2, -0.15) is 0 Å². The maximum absolute atomic E-state index is 12.1. The molecule has 0 aromatic carbocycles. The fourth-order valence-electron chi connectivity index (χ4n) is 5.39. The van der Waals surface area contributed by atoms with Crippen molar-refractivity contribution < 1.29 is 19.5 Å². The highest BCUT2D eigenvalue weighted by Crippen LogP contribution is 2.30. The molecule has 8 heteroatoms. The summed E-state index contributed by atoms with van der Waals surface area (Å²) >= 11 is 0. The molecule has 2 amide bonds. The molecule has 0 saturated carbocycles. The number of allylic oxidation sites excluding steroid dienone is 2. The van der Waals surface area contributed by atoms with Gasteiger partial charge < -0.3 is 25.5 Å². The van der Waals surface area contributed by atoms with Crippen molar-refractivity contribution in [2.24, 2.45) is 17.8 Å². The molecule has 0 bridgehead atoms. The first kappa shape index (κ1) is 36.6. The minimum Gasteiger partial charge on any atom is -0.481 e. The zero-order chi connectivity index (χ0) is 30.0. The number of aliphatic carboxylic acids is 1. The average molecular weight is 551 g/mol. The van der Waals surface area contributed by atoms with E-state index in [1.165, 1.54) is 38.8 Å². The van der Waals surface area contributed by atoms with Crippen LogP contribution in [0.2, 0.25) is 0 Å². The van der Waals surface area contributed by atoms with E-state index in [1.807, 2.05) is 46.4 Å². The molecule has 1 aliphatic carbocycles. The van der Waals surface area contributed by atoms with Crippen LogP contribution >= 0.6 is 0 Å². The number of fused-ring (bicyclic) bond motifs is 1. The van der Waals surface area contributed by atoms with Crippen molar-refractivity contribution in [1.29, 1.82) is 0 Å². The van der Waals surface area contributed by atoms with Crippen LogP contribution in [0.4, 0.5) is 0 Å². The van der Waals surface area contributed by atoms with Gasteiger partial charge in [0, 0.05) is 39.3 Å². The zero-order valence-corrected chi connectivity index (χ0v) is 26.3. The first-order valence-corrected chi connectivity index (χ1v) is 15.3. The van der Waals surface area contributed by atoms with Crippen molar-refractivity contribution in [3.05, 3.63) is 23.4 Å². The molecule has 2 unspecified atom stereocenters. The van der Waals surface area contributed by atoms with Crippen LogP contribution in [0.3, 0.4) is 0 Å². The fraction of sp³-hybridized carbons (Fsp3) is 0.774. The quantitative estimate of drug-likeness (QED) is 0.454. The molecule has 3 N–H and O–H groups in total. The van der Waals surface area contributed by atoms with Crippen LogP contribution < -0.4 is 10.6 Å². The molecular weight excluding hydrogens is 492 g/mol. The van der Waals surface area contributed by atoms with E-state index in [2.05, 4.69) is 29.7 Å². The van der Waals surface area contributed by atoms with Crippen LogP contribution in [0.15, 0.2) is 23.4 Å². The van der Waals surface area contributed by atoms with E-state index in [-0.39, 0.29) is 18.2 Å². The maximum atomic E-state index is 12.1. The van der Waals surface area contributed by atoms with Gasteiger partial charge in [0.15, 0.2) is 0 Å². The number of piperidine rings is 2. The number of carbonyl (C=O) groups is 3. The SMILES string of the molecule is CC.CC.CC.CC(=O)N1CCC(C2CCNCC2)CC1.CC1C=C2CN(C)C(=O)C(CC(=O)O)NC2=CC1. The molecule has 0 spiro atoms. The fourth-order valence-corrected chi connectivity index (χ4v) is 5.39. The third-order valence-electron chi connectivity index (χ3n) is 7.35. The number of hydrogen-bond donors (Lipinski definition) is 3. The van der Waals surface area contributed by atoms with Crippen LogP contribution in [0.5, 0.6) is 0 Å². The number of carbonyl (C=O) groups excluding carboxylic acids is 2. The topological polar surface area (TPSA) is 102 Å². The van der Waals surface area contributed by atoms with E-state index in [9.17, 15) is 14.4 Å². The van der Waals surface area contributed by atoms with Crippen molar-refractivity contribution in [3.8, 4) is 0 Å². The van der Waals surface area contributed by atoms with Gasteiger partial charge in [-0.25, -0.2) is 0 Å². The van der Waals surface area contributed by atoms with Gasteiger partial charge in [-0.05, 0) is 68.5 Å². The Hall–Kier alpha value is -2.35. The molecule has 3 saturated heterocycles. The Bertz CT molecular complexity index is 781. The summed E-state index contributed by atoms with van der Waals surface area (Å²) in [7, 11) is 1.71. The molecule has 226 valence electrons. The van der Waals surface area contributed by atoms with Crippen molar-refractivity contribution in [2.75, 3.05) is 39.8 Å². The Morgan fingerprint density at radius 1 is 0.974 bits per heavy atom. The Balaban J connectivity index is 0.000000628. The number of likely N-dealkylation sites (N-methyl/N-ethyl adjacent to an activating group) is 1. The zero-order valence-electron chi connectivity index (χ0n) is 26.3. The minimum absolute atomic E-state index is 0.166. The van der Waals surface area contributed by atoms with Crippen LogP contribution in [0.25, 0.3) is 0 Å². The third kappa shape index (κ3) is 12.6. The van der Waals surface area contributed by atoms with Gasteiger partial charge in [0.2, 0.25) is 11.8 Å². The van der Waals surface area contributed by atoms with Crippen LogP contribution in [0.1, 0.15) is 93.9 Å². The molecule has 3 heterocycles. The lowest BCUT2D eigenvalue weighted by atomic mass is 9.79. The van der Waals surface area contributed by atoms with Crippen molar-refractivity contribution in [2.45, 2.75) is 100.0 Å². The molecule has 2 atom stereocenters. The smallest absolute Gasteiger partial charge is 0.305 e. The Kier molecular flexibility index (Phi) is 19.3. The predicted molar refractivity (Wildman–Crippen MR) is 161 cm³/mol. The van der Waals surface area contributed by atoms with Gasteiger partial charge in [-0.3, -0.25) is 14.4 Å². The molecule has 3 fully saturated rings. The van der Waals surface area contributed by atoms with Crippen molar-refractivity contribution in [3.63, 3.8) is 0 Å². The number of amides is 2. The summed E-state index contributed by atoms with van der Waals surface area (Å²) < 4.78 is 0. The average Bonchev–Trinajstić information content (AvgIpc) is 3.08. The second-order valence-corrected chi connectivity index (χ2v) is 9.94. The molecule has 4 aliphatic rings. The number of carboxylic acids is 1. The van der Waals surface area contributed by atoms with Crippen LogP contribution in [-0.2, 0) is 14.4 Å². The molecule has 39 heavy (non-hydrogen) atoms. The molecule has 4 rings (SSSR count). The monoisotopic (exact) mass is 550 g/mol. The summed E-state index contributed by atoms with van der Waals surface area (Å²) in [4.78, 5) is 37.6. The second kappa shape index (κ2) is 20.5. The lowest BCUT2D eigenvalue weighted by Crippen LogP contribution is -2.42. The summed E-state index contributed by atoms with van der Waals surface area (Å²) in [6.45, 7) is 20.7. The van der Waals surface area contributed by atoms with E-state index >= 15 is 0 Å². The van der Waals surface area contributed by atoms with Gasteiger partial charge >= 0.3 is 5.97 Å². The van der Waals surface area contributed by atoms with Gasteiger partial charge in [0.25, 0.3) is 0 Å². The molecule has 0 aromatic rings. The minimum atomic E-state index is -0.966. The normalized spacial score (nSPS) is 23.1. The van der Waals surface area contributed by atoms with Gasteiger partial charge in [0.05, 0.1) is 6.42 Å². The van der Waals surface area contributed by atoms with Crippen LogP contribution in [-0.4, -0.2) is 78.5 Å². The number of hydrogen-bond acceptors (Lipinski definition) is 5. The largest absolute Gasteiger partial charge is 0.481 e. The highest BCUT2D eigenvalue weighted by Gasteiger charge is 2.31. The summed E-state index contributed by atoms with van der Waals surface area (Å²) in [6, 6.07) is -0.668. The number of nitrogens with one attached hydrogen (secondary N) is 2. The first-order valence-electron chi connectivity index (χ1n) is 15.3. The van der Waals surface area contributed by atoms with E-state index in [0.29, 0.717) is 12.5 Å². The second-order valence-electron chi connectivity index (χ2n) is 9.94. The Morgan fingerprint density at radius 2 is 1.51 bits per heavy atom. The van der Waals surface area contributed by atoms with Gasteiger partial charge in [-0.15, -0.1) is 0 Å². The summed E-state index contributed by atoms with van der Waals surface area (Å²) in [6.07, 6.45) is 10.1. The van der Waals surface area contributed by atoms with Gasteiger partial charge in [0.1, 0.15) is 6.04 Å². The molecule has 0 aromatic heterocycles. The Morgan fingerprint density at radius 3 is 2.03 bits per heavy atom. The molecule has 8 nitrogen and oxygen atoms in total. The summed E-state index contributed by atoms with van der Waals surface area (Å²) in [5, 5.41) is 15.3. The van der Waals surface area contributed by atoms with E-state index < -0.39 is 12.0 Å². The number of nitrogens with zero attached hydrogens (tertiary/aromatic N) is 2. The summed E-state index contributed by atoms with van der Waals surface area (Å²) in [5.41, 5.74) is 1.99.